The van der Waals surface area contributed by atoms with Crippen molar-refractivity contribution >= 4 is 5.65 Å². The van der Waals surface area contributed by atoms with Gasteiger partial charge in [-0.2, -0.15) is 5.10 Å². The number of fused-ring (bicyclic) bond motifs is 1. The summed E-state index contributed by atoms with van der Waals surface area (Å²) in [7, 11) is 0. The third kappa shape index (κ3) is 2.82. The molecule has 4 heterocycles. The van der Waals surface area contributed by atoms with Crippen LogP contribution in [0, 0.1) is 20.8 Å². The van der Waals surface area contributed by atoms with Crippen molar-refractivity contribution in [2.24, 2.45) is 0 Å². The van der Waals surface area contributed by atoms with Crippen LogP contribution >= 0.6 is 0 Å². The van der Waals surface area contributed by atoms with Gasteiger partial charge in [-0.25, -0.2) is 14.6 Å². The SMILES string of the molecule is Cc1nc(C)n(CC2CCCN2Cc2cn3cccc(C)c3n2)n1. The molecule has 6 heteroatoms. The predicted octanol–water partition coefficient (Wildman–Crippen LogP) is 2.52. The number of nitrogens with zero attached hydrogens (tertiary/aromatic N) is 6. The molecule has 1 saturated heterocycles. The Labute approximate surface area is 142 Å². The Morgan fingerprint density at radius 1 is 1.21 bits per heavy atom. The number of aromatic nitrogens is 5. The maximum absolute atomic E-state index is 4.83. The van der Waals surface area contributed by atoms with Gasteiger partial charge < -0.3 is 4.40 Å². The van der Waals surface area contributed by atoms with Gasteiger partial charge in [0.25, 0.3) is 0 Å². The van der Waals surface area contributed by atoms with Crippen molar-refractivity contribution < 1.29 is 0 Å². The molecular weight excluding hydrogens is 300 g/mol. The molecule has 6 nitrogen and oxygen atoms in total. The first kappa shape index (κ1) is 15.3. The standard InChI is InChI=1S/C18H24N6/c1-13-6-4-9-23-11-16(20-18(13)23)10-22-8-5-7-17(22)12-24-15(3)19-14(2)21-24/h4,6,9,11,17H,5,7-8,10,12H2,1-3H3. The van der Waals surface area contributed by atoms with Gasteiger partial charge in [0, 0.05) is 25.0 Å². The molecule has 1 atom stereocenters. The van der Waals surface area contributed by atoms with Crippen LogP contribution in [0.1, 0.15) is 35.7 Å². The normalized spacial score (nSPS) is 18.7. The van der Waals surface area contributed by atoms with E-state index in [0.717, 1.165) is 42.6 Å². The van der Waals surface area contributed by atoms with Crippen molar-refractivity contribution in [2.75, 3.05) is 6.54 Å². The molecule has 3 aromatic heterocycles. The van der Waals surface area contributed by atoms with Crippen molar-refractivity contribution in [3.63, 3.8) is 0 Å². The molecule has 1 unspecified atom stereocenters. The maximum Gasteiger partial charge on any atom is 0.147 e. The second-order valence-corrected chi connectivity index (χ2v) is 6.81. The van der Waals surface area contributed by atoms with Crippen LogP contribution in [0.2, 0.25) is 0 Å². The van der Waals surface area contributed by atoms with Crippen LogP contribution in [-0.4, -0.2) is 41.6 Å². The highest BCUT2D eigenvalue weighted by atomic mass is 15.4. The number of hydrogen-bond donors (Lipinski definition) is 0. The minimum absolute atomic E-state index is 0.510. The second-order valence-electron chi connectivity index (χ2n) is 6.81. The molecule has 1 aliphatic rings. The molecule has 0 N–H and O–H groups in total. The Morgan fingerprint density at radius 3 is 2.83 bits per heavy atom. The maximum atomic E-state index is 4.83. The lowest BCUT2D eigenvalue weighted by Gasteiger charge is -2.23. The lowest BCUT2D eigenvalue weighted by molar-refractivity contribution is 0.216. The number of hydrogen-bond acceptors (Lipinski definition) is 4. The van der Waals surface area contributed by atoms with Crippen LogP contribution in [0.5, 0.6) is 0 Å². The average molecular weight is 324 g/mol. The predicted molar refractivity (Wildman–Crippen MR) is 92.9 cm³/mol. The van der Waals surface area contributed by atoms with Gasteiger partial charge in [0.05, 0.1) is 12.2 Å². The van der Waals surface area contributed by atoms with Gasteiger partial charge in [-0.15, -0.1) is 0 Å². The van der Waals surface area contributed by atoms with E-state index in [1.807, 2.05) is 18.5 Å². The van der Waals surface area contributed by atoms with Gasteiger partial charge in [0.1, 0.15) is 17.3 Å². The lowest BCUT2D eigenvalue weighted by Crippen LogP contribution is -2.33. The zero-order chi connectivity index (χ0) is 16.7. The molecule has 0 radical (unpaired) electrons. The highest BCUT2D eigenvalue weighted by Crippen LogP contribution is 2.22. The Bertz CT molecular complexity index is 862. The van der Waals surface area contributed by atoms with Crippen molar-refractivity contribution in [3.05, 3.63) is 47.4 Å². The van der Waals surface area contributed by atoms with E-state index in [1.165, 1.54) is 18.4 Å². The van der Waals surface area contributed by atoms with Crippen LogP contribution in [0.15, 0.2) is 24.5 Å². The first-order chi connectivity index (χ1) is 11.6. The molecule has 0 aliphatic carbocycles. The van der Waals surface area contributed by atoms with Gasteiger partial charge in [0.15, 0.2) is 0 Å². The molecule has 0 aromatic carbocycles. The number of likely N-dealkylation sites (tertiary alicyclic amines) is 1. The first-order valence-corrected chi connectivity index (χ1v) is 8.65. The van der Waals surface area contributed by atoms with Crippen LogP contribution in [0.3, 0.4) is 0 Å². The van der Waals surface area contributed by atoms with Gasteiger partial charge in [0.2, 0.25) is 0 Å². The third-order valence-electron chi connectivity index (χ3n) is 4.94. The molecular formula is C18H24N6. The van der Waals surface area contributed by atoms with E-state index in [4.69, 9.17) is 4.98 Å². The summed E-state index contributed by atoms with van der Waals surface area (Å²) in [6.07, 6.45) is 6.68. The van der Waals surface area contributed by atoms with Crippen molar-refractivity contribution in [3.8, 4) is 0 Å². The molecule has 126 valence electrons. The Hall–Kier alpha value is -2.21. The van der Waals surface area contributed by atoms with E-state index < -0.39 is 0 Å². The summed E-state index contributed by atoms with van der Waals surface area (Å²) in [5, 5.41) is 4.52. The van der Waals surface area contributed by atoms with Crippen molar-refractivity contribution in [1.29, 1.82) is 0 Å². The molecule has 3 aromatic rings. The van der Waals surface area contributed by atoms with Crippen LogP contribution in [0.4, 0.5) is 0 Å². The fourth-order valence-corrected chi connectivity index (χ4v) is 3.73. The third-order valence-corrected chi connectivity index (χ3v) is 4.94. The van der Waals surface area contributed by atoms with E-state index >= 15 is 0 Å². The van der Waals surface area contributed by atoms with Gasteiger partial charge in [-0.1, -0.05) is 6.07 Å². The summed E-state index contributed by atoms with van der Waals surface area (Å²) < 4.78 is 4.17. The number of rotatable bonds is 4. The summed E-state index contributed by atoms with van der Waals surface area (Å²) >= 11 is 0. The summed E-state index contributed by atoms with van der Waals surface area (Å²) in [4.78, 5) is 11.8. The van der Waals surface area contributed by atoms with E-state index in [0.29, 0.717) is 6.04 Å². The van der Waals surface area contributed by atoms with E-state index in [2.05, 4.69) is 50.8 Å². The van der Waals surface area contributed by atoms with Gasteiger partial charge in [-0.3, -0.25) is 4.90 Å². The van der Waals surface area contributed by atoms with E-state index in [9.17, 15) is 0 Å². The topological polar surface area (TPSA) is 51.2 Å². The van der Waals surface area contributed by atoms with Crippen LogP contribution in [-0.2, 0) is 13.1 Å². The average Bonchev–Trinajstić information content (AvgIpc) is 3.21. The quantitative estimate of drug-likeness (QED) is 0.740. The smallest absolute Gasteiger partial charge is 0.147 e. The lowest BCUT2D eigenvalue weighted by atomic mass is 10.2. The van der Waals surface area contributed by atoms with E-state index in [-0.39, 0.29) is 0 Å². The molecule has 0 saturated carbocycles. The Kier molecular flexibility index (Phi) is 3.84. The minimum Gasteiger partial charge on any atom is -0.307 e. The first-order valence-electron chi connectivity index (χ1n) is 8.65. The highest BCUT2D eigenvalue weighted by Gasteiger charge is 2.26. The van der Waals surface area contributed by atoms with Crippen molar-refractivity contribution in [2.45, 2.75) is 52.7 Å². The molecule has 0 amide bonds. The largest absolute Gasteiger partial charge is 0.307 e. The number of aryl methyl sites for hydroxylation is 3. The molecule has 24 heavy (non-hydrogen) atoms. The minimum atomic E-state index is 0.510. The molecule has 1 fully saturated rings. The summed E-state index contributed by atoms with van der Waals surface area (Å²) in [6, 6.07) is 4.69. The number of pyridine rings is 1. The zero-order valence-electron chi connectivity index (χ0n) is 14.6. The molecule has 0 spiro atoms. The highest BCUT2D eigenvalue weighted by molar-refractivity contribution is 5.47. The summed E-state index contributed by atoms with van der Waals surface area (Å²) in [5.74, 6) is 1.86. The second kappa shape index (κ2) is 6.02. The molecule has 4 rings (SSSR count). The van der Waals surface area contributed by atoms with Crippen molar-refractivity contribution in [1.82, 2.24) is 29.0 Å². The summed E-state index contributed by atoms with van der Waals surface area (Å²) in [6.45, 7) is 9.04. The van der Waals surface area contributed by atoms with Gasteiger partial charge in [-0.05, 0) is 51.8 Å². The van der Waals surface area contributed by atoms with Crippen LogP contribution in [0.25, 0.3) is 5.65 Å². The molecule has 0 bridgehead atoms. The van der Waals surface area contributed by atoms with E-state index in [1.54, 1.807) is 0 Å². The van der Waals surface area contributed by atoms with Crippen LogP contribution < -0.4 is 0 Å². The number of imidazole rings is 1. The fourth-order valence-electron chi connectivity index (χ4n) is 3.73. The summed E-state index contributed by atoms with van der Waals surface area (Å²) in [5.41, 5.74) is 3.42. The monoisotopic (exact) mass is 324 g/mol. The fraction of sp³-hybridized carbons (Fsp3) is 0.500. The van der Waals surface area contributed by atoms with Gasteiger partial charge >= 0.3 is 0 Å². The molecule has 1 aliphatic heterocycles. The Morgan fingerprint density at radius 2 is 2.08 bits per heavy atom. The zero-order valence-corrected chi connectivity index (χ0v) is 14.6. The Balaban J connectivity index is 1.52.